The summed E-state index contributed by atoms with van der Waals surface area (Å²) in [5.74, 6) is 0.646. The molecule has 158 valence electrons. The predicted octanol–water partition coefficient (Wildman–Crippen LogP) is 3.70. The van der Waals surface area contributed by atoms with Gasteiger partial charge in [0, 0.05) is 30.4 Å². The molecule has 0 saturated carbocycles. The number of aromatic nitrogens is 2. The van der Waals surface area contributed by atoms with Crippen molar-refractivity contribution in [1.82, 2.24) is 20.4 Å². The summed E-state index contributed by atoms with van der Waals surface area (Å²) in [4.78, 5) is 4.73. The molecule has 7 heteroatoms. The minimum absolute atomic E-state index is 0.309. The number of halogens is 1. The Hall–Kier alpha value is -2.83. The summed E-state index contributed by atoms with van der Waals surface area (Å²) in [5, 5.41) is 22.1. The second-order valence-corrected chi connectivity index (χ2v) is 7.83. The Bertz CT molecular complexity index is 995. The monoisotopic (exact) mass is 425 g/mol. The van der Waals surface area contributed by atoms with Gasteiger partial charge in [0.25, 0.3) is 0 Å². The Labute approximate surface area is 182 Å². The molecule has 1 unspecified atom stereocenters. The number of aryl methyl sites for hydroxylation is 1. The number of benzene rings is 2. The number of aliphatic imine (C=N–C) groups is 1. The lowest BCUT2D eigenvalue weighted by atomic mass is 10.00. The fourth-order valence-electron chi connectivity index (χ4n) is 3.13. The highest BCUT2D eigenvalue weighted by Crippen LogP contribution is 2.25. The zero-order valence-electron chi connectivity index (χ0n) is 17.6. The third kappa shape index (κ3) is 5.62. The van der Waals surface area contributed by atoms with Crippen LogP contribution in [0.3, 0.4) is 0 Å². The number of nitrogens with zero attached hydrogens (tertiary/aromatic N) is 3. The SMILES string of the molecule is CCNC(=NCc1ccccc1-c1ccc(Cl)cc1)NCC(C)(O)c1cnn(C)c1. The fourth-order valence-corrected chi connectivity index (χ4v) is 3.26. The van der Waals surface area contributed by atoms with Gasteiger partial charge >= 0.3 is 0 Å². The zero-order chi connectivity index (χ0) is 21.6. The largest absolute Gasteiger partial charge is 0.383 e. The van der Waals surface area contributed by atoms with Gasteiger partial charge in [-0.25, -0.2) is 4.99 Å². The molecule has 3 aromatic rings. The maximum Gasteiger partial charge on any atom is 0.191 e. The molecule has 1 heterocycles. The number of aliphatic hydroxyl groups is 1. The highest BCUT2D eigenvalue weighted by molar-refractivity contribution is 6.30. The Kier molecular flexibility index (Phi) is 7.13. The van der Waals surface area contributed by atoms with Gasteiger partial charge in [-0.2, -0.15) is 5.10 Å². The lowest BCUT2D eigenvalue weighted by Gasteiger charge is -2.23. The molecule has 0 aliphatic rings. The van der Waals surface area contributed by atoms with Gasteiger partial charge in [-0.1, -0.05) is 48.0 Å². The van der Waals surface area contributed by atoms with Gasteiger partial charge in [0.15, 0.2) is 5.96 Å². The van der Waals surface area contributed by atoms with Gasteiger partial charge in [-0.3, -0.25) is 4.68 Å². The summed E-state index contributed by atoms with van der Waals surface area (Å²) < 4.78 is 1.68. The molecule has 30 heavy (non-hydrogen) atoms. The summed E-state index contributed by atoms with van der Waals surface area (Å²) in [7, 11) is 1.83. The van der Waals surface area contributed by atoms with Gasteiger partial charge in [-0.15, -0.1) is 0 Å². The summed E-state index contributed by atoms with van der Waals surface area (Å²) in [5.41, 5.74) is 3.02. The average Bonchev–Trinajstić information content (AvgIpc) is 3.18. The van der Waals surface area contributed by atoms with E-state index >= 15 is 0 Å². The first-order chi connectivity index (χ1) is 14.4. The van der Waals surface area contributed by atoms with Crippen molar-refractivity contribution in [2.45, 2.75) is 26.0 Å². The molecular weight excluding hydrogens is 398 g/mol. The summed E-state index contributed by atoms with van der Waals surface area (Å²) in [6.45, 7) is 5.31. The number of hydrogen-bond acceptors (Lipinski definition) is 3. The molecule has 1 aromatic heterocycles. The molecule has 0 aliphatic carbocycles. The minimum Gasteiger partial charge on any atom is -0.383 e. The van der Waals surface area contributed by atoms with E-state index in [9.17, 15) is 5.11 Å². The van der Waals surface area contributed by atoms with Crippen LogP contribution in [0.4, 0.5) is 0 Å². The minimum atomic E-state index is -1.06. The van der Waals surface area contributed by atoms with Crippen LogP contribution < -0.4 is 10.6 Å². The standard InChI is InChI=1S/C23H28ClN5O/c1-4-25-22(27-16-23(2,30)19-14-28-29(3)15-19)26-13-18-7-5-6-8-21(18)17-9-11-20(24)12-10-17/h5-12,14-15,30H,4,13,16H2,1-3H3,(H2,25,26,27). The fraction of sp³-hybridized carbons (Fsp3) is 0.304. The van der Waals surface area contributed by atoms with E-state index in [0.717, 1.165) is 28.8 Å². The second-order valence-electron chi connectivity index (χ2n) is 7.39. The van der Waals surface area contributed by atoms with Crippen LogP contribution in [0.25, 0.3) is 11.1 Å². The van der Waals surface area contributed by atoms with E-state index < -0.39 is 5.60 Å². The number of guanidine groups is 1. The van der Waals surface area contributed by atoms with Gasteiger partial charge < -0.3 is 15.7 Å². The Morgan fingerprint density at radius 2 is 1.90 bits per heavy atom. The summed E-state index contributed by atoms with van der Waals surface area (Å²) >= 11 is 6.03. The quantitative estimate of drug-likeness (QED) is 0.398. The highest BCUT2D eigenvalue weighted by atomic mass is 35.5. The topological polar surface area (TPSA) is 74.5 Å². The molecule has 3 rings (SSSR count). The van der Waals surface area contributed by atoms with Crippen molar-refractivity contribution in [2.24, 2.45) is 12.0 Å². The van der Waals surface area contributed by atoms with E-state index in [1.54, 1.807) is 17.8 Å². The van der Waals surface area contributed by atoms with Crippen LogP contribution in [0.2, 0.25) is 5.02 Å². The third-order valence-electron chi connectivity index (χ3n) is 4.85. The van der Waals surface area contributed by atoms with Crippen LogP contribution in [-0.2, 0) is 19.2 Å². The molecular formula is C23H28ClN5O. The van der Waals surface area contributed by atoms with Crippen LogP contribution >= 0.6 is 11.6 Å². The van der Waals surface area contributed by atoms with Crippen molar-refractivity contribution in [3.8, 4) is 11.1 Å². The molecule has 0 fully saturated rings. The lowest BCUT2D eigenvalue weighted by molar-refractivity contribution is 0.0616. The smallest absolute Gasteiger partial charge is 0.191 e. The van der Waals surface area contributed by atoms with E-state index in [0.29, 0.717) is 24.1 Å². The van der Waals surface area contributed by atoms with E-state index in [-0.39, 0.29) is 0 Å². The van der Waals surface area contributed by atoms with Crippen LogP contribution in [0.5, 0.6) is 0 Å². The maximum absolute atomic E-state index is 10.8. The van der Waals surface area contributed by atoms with Crippen molar-refractivity contribution < 1.29 is 5.11 Å². The Balaban J connectivity index is 1.74. The normalized spacial score (nSPS) is 13.7. The second kappa shape index (κ2) is 9.78. The molecule has 0 aliphatic heterocycles. The molecule has 0 saturated heterocycles. The number of nitrogens with one attached hydrogen (secondary N) is 2. The molecule has 1 atom stereocenters. The number of rotatable bonds is 7. The lowest BCUT2D eigenvalue weighted by Crippen LogP contribution is -2.44. The first-order valence-electron chi connectivity index (χ1n) is 9.96. The van der Waals surface area contributed by atoms with Gasteiger partial charge in [0.05, 0.1) is 19.3 Å². The number of hydrogen-bond donors (Lipinski definition) is 3. The molecule has 0 radical (unpaired) electrons. The summed E-state index contributed by atoms with van der Waals surface area (Å²) in [6, 6.07) is 16.0. The molecule has 0 spiro atoms. The summed E-state index contributed by atoms with van der Waals surface area (Å²) in [6.07, 6.45) is 3.49. The van der Waals surface area contributed by atoms with E-state index in [4.69, 9.17) is 16.6 Å². The first-order valence-corrected chi connectivity index (χ1v) is 10.3. The zero-order valence-corrected chi connectivity index (χ0v) is 18.3. The Morgan fingerprint density at radius 3 is 2.57 bits per heavy atom. The van der Waals surface area contributed by atoms with Crippen molar-refractivity contribution >= 4 is 17.6 Å². The van der Waals surface area contributed by atoms with E-state index in [1.165, 1.54) is 0 Å². The van der Waals surface area contributed by atoms with Crippen molar-refractivity contribution in [3.63, 3.8) is 0 Å². The first kappa shape index (κ1) is 21.9. The van der Waals surface area contributed by atoms with Crippen molar-refractivity contribution in [2.75, 3.05) is 13.1 Å². The molecule has 0 bridgehead atoms. The van der Waals surface area contributed by atoms with Crippen molar-refractivity contribution in [3.05, 3.63) is 77.1 Å². The van der Waals surface area contributed by atoms with Crippen molar-refractivity contribution in [1.29, 1.82) is 0 Å². The predicted molar refractivity (Wildman–Crippen MR) is 122 cm³/mol. The van der Waals surface area contributed by atoms with E-state index in [2.05, 4.69) is 27.9 Å². The molecule has 0 amide bonds. The Morgan fingerprint density at radius 1 is 1.17 bits per heavy atom. The van der Waals surface area contributed by atoms with Gasteiger partial charge in [-0.05, 0) is 42.7 Å². The van der Waals surface area contributed by atoms with Crippen LogP contribution in [-0.4, -0.2) is 33.9 Å². The van der Waals surface area contributed by atoms with Crippen LogP contribution in [0.1, 0.15) is 25.0 Å². The van der Waals surface area contributed by atoms with Crippen LogP contribution in [0, 0.1) is 0 Å². The third-order valence-corrected chi connectivity index (χ3v) is 5.10. The van der Waals surface area contributed by atoms with Gasteiger partial charge in [0.1, 0.15) is 5.60 Å². The van der Waals surface area contributed by atoms with Crippen LogP contribution in [0.15, 0.2) is 65.9 Å². The maximum atomic E-state index is 10.8. The molecule has 6 nitrogen and oxygen atoms in total. The highest BCUT2D eigenvalue weighted by Gasteiger charge is 2.25. The molecule has 2 aromatic carbocycles. The molecule has 3 N–H and O–H groups in total. The average molecular weight is 426 g/mol. The van der Waals surface area contributed by atoms with Gasteiger partial charge in [0.2, 0.25) is 0 Å². The van der Waals surface area contributed by atoms with E-state index in [1.807, 2.05) is 56.6 Å².